The summed E-state index contributed by atoms with van der Waals surface area (Å²) in [7, 11) is 0. The van der Waals surface area contributed by atoms with Crippen molar-refractivity contribution in [3.63, 3.8) is 0 Å². The van der Waals surface area contributed by atoms with Crippen molar-refractivity contribution in [3.8, 4) is 5.75 Å². The number of hydrogen-bond donors (Lipinski definition) is 1. The van der Waals surface area contributed by atoms with Crippen molar-refractivity contribution in [2.45, 2.75) is 19.3 Å². The first-order chi connectivity index (χ1) is 8.66. The van der Waals surface area contributed by atoms with Crippen molar-refractivity contribution < 1.29 is 13.5 Å². The molecular weight excluding hydrogens is 304 g/mol. The maximum absolute atomic E-state index is 13.5. The van der Waals surface area contributed by atoms with Crippen LogP contribution in [0.15, 0.2) is 16.6 Å². The van der Waals surface area contributed by atoms with Gasteiger partial charge in [0.25, 0.3) is 0 Å². The predicted molar refractivity (Wildman–Crippen MR) is 69.8 cm³/mol. The van der Waals surface area contributed by atoms with E-state index in [-0.39, 0.29) is 5.75 Å². The Labute approximate surface area is 114 Å². The molecule has 0 aliphatic carbocycles. The molecule has 1 heterocycles. The van der Waals surface area contributed by atoms with Crippen LogP contribution in [0.4, 0.5) is 8.78 Å². The lowest BCUT2D eigenvalue weighted by molar-refractivity contribution is 0.242. The van der Waals surface area contributed by atoms with Gasteiger partial charge in [0.1, 0.15) is 5.82 Å². The zero-order chi connectivity index (χ0) is 13.0. The Morgan fingerprint density at radius 2 is 2.00 bits per heavy atom. The Bertz CT molecular complexity index is 385. The molecule has 0 spiro atoms. The molecule has 0 atom stereocenters. The highest BCUT2D eigenvalue weighted by atomic mass is 79.9. The zero-order valence-electron chi connectivity index (χ0n) is 10.0. The number of piperidine rings is 1. The quantitative estimate of drug-likeness (QED) is 0.917. The number of nitrogens with one attached hydrogen (secondary N) is 1. The Hall–Kier alpha value is -0.680. The van der Waals surface area contributed by atoms with Gasteiger partial charge in [0.05, 0.1) is 11.1 Å². The fourth-order valence-corrected chi connectivity index (χ4v) is 2.69. The molecule has 2 nitrogen and oxygen atoms in total. The van der Waals surface area contributed by atoms with Crippen LogP contribution >= 0.6 is 15.9 Å². The van der Waals surface area contributed by atoms with Crippen LogP contribution in [0.2, 0.25) is 0 Å². The average Bonchev–Trinajstić information content (AvgIpc) is 2.34. The van der Waals surface area contributed by atoms with E-state index in [9.17, 15) is 8.78 Å². The Balaban J connectivity index is 1.86. The van der Waals surface area contributed by atoms with E-state index in [2.05, 4.69) is 21.2 Å². The zero-order valence-corrected chi connectivity index (χ0v) is 11.6. The van der Waals surface area contributed by atoms with E-state index in [1.807, 2.05) is 0 Å². The summed E-state index contributed by atoms with van der Waals surface area (Å²) in [6, 6.07) is 2.05. The second kappa shape index (κ2) is 6.48. The predicted octanol–water partition coefficient (Wildman–Crippen LogP) is 3.50. The normalized spacial score (nSPS) is 16.8. The molecule has 0 amide bonds. The van der Waals surface area contributed by atoms with Crippen LogP contribution in [0, 0.1) is 17.6 Å². The van der Waals surface area contributed by atoms with Gasteiger partial charge >= 0.3 is 0 Å². The number of hydrogen-bond acceptors (Lipinski definition) is 2. The second-order valence-electron chi connectivity index (χ2n) is 4.53. The highest BCUT2D eigenvalue weighted by Gasteiger charge is 2.15. The lowest BCUT2D eigenvalue weighted by Crippen LogP contribution is -2.28. The lowest BCUT2D eigenvalue weighted by atomic mass is 9.95. The summed E-state index contributed by atoms with van der Waals surface area (Å²) in [6.07, 6.45) is 3.18. The Morgan fingerprint density at radius 3 is 2.67 bits per heavy atom. The van der Waals surface area contributed by atoms with Gasteiger partial charge in [-0.25, -0.2) is 8.78 Å². The smallest absolute Gasteiger partial charge is 0.169 e. The van der Waals surface area contributed by atoms with E-state index in [4.69, 9.17) is 4.74 Å². The Morgan fingerprint density at radius 1 is 1.28 bits per heavy atom. The molecule has 0 unspecified atom stereocenters. The van der Waals surface area contributed by atoms with Gasteiger partial charge in [-0.05, 0) is 60.3 Å². The van der Waals surface area contributed by atoms with Gasteiger partial charge in [-0.15, -0.1) is 0 Å². The third-order valence-electron chi connectivity index (χ3n) is 3.19. The summed E-state index contributed by atoms with van der Waals surface area (Å²) < 4.78 is 32.1. The van der Waals surface area contributed by atoms with Gasteiger partial charge in [0.15, 0.2) is 11.6 Å². The molecule has 0 saturated carbocycles. The summed E-state index contributed by atoms with van der Waals surface area (Å²) in [5.41, 5.74) is 0. The van der Waals surface area contributed by atoms with Crippen LogP contribution in [0.3, 0.4) is 0 Å². The molecule has 18 heavy (non-hydrogen) atoms. The van der Waals surface area contributed by atoms with Crippen molar-refractivity contribution in [1.82, 2.24) is 5.32 Å². The molecule has 2 rings (SSSR count). The third-order valence-corrected chi connectivity index (χ3v) is 3.78. The van der Waals surface area contributed by atoms with Crippen LogP contribution in [0.5, 0.6) is 5.75 Å². The topological polar surface area (TPSA) is 21.3 Å². The summed E-state index contributed by atoms with van der Waals surface area (Å²) in [6.45, 7) is 2.55. The first-order valence-electron chi connectivity index (χ1n) is 6.15. The molecule has 0 radical (unpaired) electrons. The molecule has 1 saturated heterocycles. The van der Waals surface area contributed by atoms with Gasteiger partial charge in [-0.1, -0.05) is 0 Å². The van der Waals surface area contributed by atoms with Crippen LogP contribution in [0.25, 0.3) is 0 Å². The molecule has 1 aromatic rings. The van der Waals surface area contributed by atoms with Crippen molar-refractivity contribution >= 4 is 15.9 Å². The average molecular weight is 320 g/mol. The fraction of sp³-hybridized carbons (Fsp3) is 0.538. The van der Waals surface area contributed by atoms with Crippen molar-refractivity contribution in [1.29, 1.82) is 0 Å². The number of ether oxygens (including phenoxy) is 1. The van der Waals surface area contributed by atoms with E-state index >= 15 is 0 Å². The minimum atomic E-state index is -0.660. The van der Waals surface area contributed by atoms with Gasteiger partial charge in [0, 0.05) is 6.07 Å². The standard InChI is InChI=1S/C13H16BrF2NO/c14-11-7-10(15)8-12(16)13(11)18-6-3-9-1-4-17-5-2-9/h7-9,17H,1-6H2. The summed E-state index contributed by atoms with van der Waals surface area (Å²) in [5, 5.41) is 3.30. The lowest BCUT2D eigenvalue weighted by Gasteiger charge is -2.22. The third kappa shape index (κ3) is 3.65. The SMILES string of the molecule is Fc1cc(F)c(OCCC2CCNCC2)c(Br)c1. The summed E-state index contributed by atoms with van der Waals surface area (Å²) in [4.78, 5) is 0. The molecule has 1 aliphatic rings. The second-order valence-corrected chi connectivity index (χ2v) is 5.38. The Kier molecular flexibility index (Phi) is 4.95. The number of benzene rings is 1. The van der Waals surface area contributed by atoms with Gasteiger partial charge < -0.3 is 10.1 Å². The molecule has 0 aromatic heterocycles. The molecule has 5 heteroatoms. The first-order valence-corrected chi connectivity index (χ1v) is 6.94. The molecule has 0 bridgehead atoms. The monoisotopic (exact) mass is 319 g/mol. The van der Waals surface area contributed by atoms with E-state index in [1.54, 1.807) is 0 Å². The minimum Gasteiger partial charge on any atom is -0.489 e. The fourth-order valence-electron chi connectivity index (χ4n) is 2.16. The van der Waals surface area contributed by atoms with E-state index in [0.717, 1.165) is 38.4 Å². The van der Waals surface area contributed by atoms with Crippen LogP contribution in [0.1, 0.15) is 19.3 Å². The van der Waals surface area contributed by atoms with Crippen molar-refractivity contribution in [2.75, 3.05) is 19.7 Å². The molecule has 100 valence electrons. The molecule has 1 fully saturated rings. The van der Waals surface area contributed by atoms with Crippen molar-refractivity contribution in [3.05, 3.63) is 28.2 Å². The van der Waals surface area contributed by atoms with E-state index in [1.165, 1.54) is 6.07 Å². The summed E-state index contributed by atoms with van der Waals surface area (Å²) >= 11 is 3.11. The maximum atomic E-state index is 13.5. The minimum absolute atomic E-state index is 0.102. The van der Waals surface area contributed by atoms with Gasteiger partial charge in [-0.3, -0.25) is 0 Å². The first kappa shape index (κ1) is 13.7. The van der Waals surface area contributed by atoms with Crippen LogP contribution in [-0.2, 0) is 0 Å². The maximum Gasteiger partial charge on any atom is 0.169 e. The largest absolute Gasteiger partial charge is 0.489 e. The van der Waals surface area contributed by atoms with E-state index < -0.39 is 11.6 Å². The van der Waals surface area contributed by atoms with Crippen LogP contribution in [-0.4, -0.2) is 19.7 Å². The molecule has 1 N–H and O–H groups in total. The molecule has 1 aliphatic heterocycles. The highest BCUT2D eigenvalue weighted by molar-refractivity contribution is 9.10. The number of rotatable bonds is 4. The van der Waals surface area contributed by atoms with E-state index in [0.29, 0.717) is 17.0 Å². The van der Waals surface area contributed by atoms with Crippen molar-refractivity contribution in [2.24, 2.45) is 5.92 Å². The highest BCUT2D eigenvalue weighted by Crippen LogP contribution is 2.29. The molecule has 1 aromatic carbocycles. The molecular formula is C13H16BrF2NO. The van der Waals surface area contributed by atoms with Crippen LogP contribution < -0.4 is 10.1 Å². The van der Waals surface area contributed by atoms with Gasteiger partial charge in [0.2, 0.25) is 0 Å². The van der Waals surface area contributed by atoms with Gasteiger partial charge in [-0.2, -0.15) is 0 Å². The summed E-state index contributed by atoms with van der Waals surface area (Å²) in [5.74, 6) is -0.531. The number of halogens is 3.